The summed E-state index contributed by atoms with van der Waals surface area (Å²) in [5.41, 5.74) is 1.74. The lowest BCUT2D eigenvalue weighted by Gasteiger charge is -2.03. The SMILES string of the molecule is C=CC1=C(N=CC)C(=C)C(C)O1. The minimum Gasteiger partial charge on any atom is -0.484 e. The molecule has 1 heterocycles. The third-order valence-electron chi connectivity index (χ3n) is 1.78. The van der Waals surface area contributed by atoms with Gasteiger partial charge in [-0.1, -0.05) is 13.2 Å². The van der Waals surface area contributed by atoms with Gasteiger partial charge in [0.1, 0.15) is 17.6 Å². The highest BCUT2D eigenvalue weighted by Gasteiger charge is 2.23. The van der Waals surface area contributed by atoms with Crippen LogP contribution < -0.4 is 0 Å². The first-order valence-electron chi connectivity index (χ1n) is 3.92. The Morgan fingerprint density at radius 2 is 2.25 bits per heavy atom. The van der Waals surface area contributed by atoms with E-state index in [1.54, 1.807) is 12.3 Å². The van der Waals surface area contributed by atoms with Gasteiger partial charge in [-0.3, -0.25) is 4.99 Å². The second-order valence-corrected chi connectivity index (χ2v) is 2.59. The van der Waals surface area contributed by atoms with Gasteiger partial charge in [-0.05, 0) is 19.9 Å². The van der Waals surface area contributed by atoms with E-state index >= 15 is 0 Å². The quantitative estimate of drug-likeness (QED) is 0.573. The summed E-state index contributed by atoms with van der Waals surface area (Å²) in [5, 5.41) is 0. The second-order valence-electron chi connectivity index (χ2n) is 2.59. The zero-order valence-electron chi connectivity index (χ0n) is 7.50. The molecule has 0 fully saturated rings. The number of nitrogens with zero attached hydrogens (tertiary/aromatic N) is 1. The number of hydrogen-bond acceptors (Lipinski definition) is 2. The number of hydrogen-bond donors (Lipinski definition) is 0. The molecule has 1 atom stereocenters. The topological polar surface area (TPSA) is 21.6 Å². The number of aliphatic imine (C=N–C) groups is 1. The van der Waals surface area contributed by atoms with Crippen molar-refractivity contribution in [2.45, 2.75) is 20.0 Å². The summed E-state index contributed by atoms with van der Waals surface area (Å²) in [6.07, 6.45) is 3.42. The molecule has 0 radical (unpaired) electrons. The van der Waals surface area contributed by atoms with E-state index in [1.165, 1.54) is 0 Å². The van der Waals surface area contributed by atoms with Crippen LogP contribution in [0.15, 0.2) is 41.3 Å². The fourth-order valence-corrected chi connectivity index (χ4v) is 1.09. The van der Waals surface area contributed by atoms with Crippen molar-refractivity contribution >= 4 is 6.21 Å². The normalized spacial score (nSPS) is 23.5. The maximum Gasteiger partial charge on any atom is 0.145 e. The Morgan fingerprint density at radius 1 is 1.58 bits per heavy atom. The summed E-state index contributed by atoms with van der Waals surface area (Å²) in [4.78, 5) is 4.17. The van der Waals surface area contributed by atoms with Gasteiger partial charge < -0.3 is 4.74 Å². The molecular weight excluding hydrogens is 150 g/mol. The summed E-state index contributed by atoms with van der Waals surface area (Å²) < 4.78 is 5.44. The third kappa shape index (κ3) is 1.33. The van der Waals surface area contributed by atoms with Crippen molar-refractivity contribution in [1.29, 1.82) is 0 Å². The number of ether oxygens (including phenoxy) is 1. The van der Waals surface area contributed by atoms with E-state index in [9.17, 15) is 0 Å². The predicted molar refractivity (Wildman–Crippen MR) is 51.1 cm³/mol. The van der Waals surface area contributed by atoms with Crippen molar-refractivity contribution in [3.8, 4) is 0 Å². The van der Waals surface area contributed by atoms with Crippen LogP contribution in [0.5, 0.6) is 0 Å². The standard InChI is InChI=1S/C10H13NO/c1-5-9-10(11-6-2)7(3)8(4)12-9/h5-6,8H,1,3H2,2,4H3. The van der Waals surface area contributed by atoms with Crippen molar-refractivity contribution in [2.75, 3.05) is 0 Å². The highest BCUT2D eigenvalue weighted by atomic mass is 16.5. The molecule has 0 aromatic rings. The van der Waals surface area contributed by atoms with Crippen molar-refractivity contribution in [1.82, 2.24) is 0 Å². The summed E-state index contributed by atoms with van der Waals surface area (Å²) >= 11 is 0. The van der Waals surface area contributed by atoms with E-state index in [2.05, 4.69) is 18.2 Å². The van der Waals surface area contributed by atoms with E-state index in [1.807, 2.05) is 13.8 Å². The van der Waals surface area contributed by atoms with Gasteiger partial charge in [0.15, 0.2) is 0 Å². The molecule has 0 N–H and O–H groups in total. The summed E-state index contributed by atoms with van der Waals surface area (Å²) in [7, 11) is 0. The van der Waals surface area contributed by atoms with Gasteiger partial charge in [0.05, 0.1) is 0 Å². The van der Waals surface area contributed by atoms with Crippen molar-refractivity contribution in [2.24, 2.45) is 4.99 Å². The smallest absolute Gasteiger partial charge is 0.145 e. The van der Waals surface area contributed by atoms with Crippen LogP contribution >= 0.6 is 0 Å². The maximum atomic E-state index is 5.44. The molecule has 2 heteroatoms. The Bertz CT molecular complexity index is 274. The first kappa shape index (κ1) is 8.78. The largest absolute Gasteiger partial charge is 0.484 e. The van der Waals surface area contributed by atoms with Crippen LogP contribution in [0, 0.1) is 0 Å². The maximum absolute atomic E-state index is 5.44. The lowest BCUT2D eigenvalue weighted by Crippen LogP contribution is -2.00. The third-order valence-corrected chi connectivity index (χ3v) is 1.78. The summed E-state index contributed by atoms with van der Waals surface area (Å²) in [6.45, 7) is 11.3. The Hall–Kier alpha value is -1.31. The fourth-order valence-electron chi connectivity index (χ4n) is 1.09. The highest BCUT2D eigenvalue weighted by molar-refractivity contribution is 5.58. The summed E-state index contributed by atoms with van der Waals surface area (Å²) in [6, 6.07) is 0. The molecule has 0 saturated heterocycles. The fraction of sp³-hybridized carbons (Fsp3) is 0.300. The Balaban J connectivity index is 3.02. The van der Waals surface area contributed by atoms with Crippen molar-refractivity contribution < 1.29 is 4.74 Å². The molecule has 0 aromatic carbocycles. The van der Waals surface area contributed by atoms with E-state index < -0.39 is 0 Å². The van der Waals surface area contributed by atoms with Crippen LogP contribution in [-0.4, -0.2) is 12.3 Å². The molecule has 0 aromatic heterocycles. The van der Waals surface area contributed by atoms with Crippen LogP contribution in [0.3, 0.4) is 0 Å². The molecule has 0 aliphatic carbocycles. The van der Waals surface area contributed by atoms with Crippen molar-refractivity contribution in [3.05, 3.63) is 36.3 Å². The van der Waals surface area contributed by atoms with Crippen LogP contribution in [0.1, 0.15) is 13.8 Å². The average molecular weight is 163 g/mol. The molecule has 1 rings (SSSR count). The Kier molecular flexibility index (Phi) is 2.48. The summed E-state index contributed by atoms with van der Waals surface area (Å²) in [5.74, 6) is 0.727. The van der Waals surface area contributed by atoms with Gasteiger partial charge in [0.2, 0.25) is 0 Å². The van der Waals surface area contributed by atoms with Crippen molar-refractivity contribution in [3.63, 3.8) is 0 Å². The zero-order chi connectivity index (χ0) is 9.14. The first-order valence-corrected chi connectivity index (χ1v) is 3.92. The lowest BCUT2D eigenvalue weighted by atomic mass is 10.1. The van der Waals surface area contributed by atoms with Gasteiger partial charge in [-0.2, -0.15) is 0 Å². The van der Waals surface area contributed by atoms with Gasteiger partial charge in [0.25, 0.3) is 0 Å². The predicted octanol–water partition coefficient (Wildman–Crippen LogP) is 2.45. The molecular formula is C10H13NO. The zero-order valence-corrected chi connectivity index (χ0v) is 7.50. The van der Waals surface area contributed by atoms with Crippen LogP contribution in [0.4, 0.5) is 0 Å². The molecule has 12 heavy (non-hydrogen) atoms. The van der Waals surface area contributed by atoms with Gasteiger partial charge in [-0.25, -0.2) is 0 Å². The van der Waals surface area contributed by atoms with E-state index in [0.29, 0.717) is 0 Å². The minimum atomic E-state index is 0.0247. The van der Waals surface area contributed by atoms with E-state index in [-0.39, 0.29) is 6.10 Å². The lowest BCUT2D eigenvalue weighted by molar-refractivity contribution is 0.193. The van der Waals surface area contributed by atoms with E-state index in [0.717, 1.165) is 17.0 Å². The molecule has 0 amide bonds. The molecule has 1 unspecified atom stereocenters. The molecule has 2 nitrogen and oxygen atoms in total. The molecule has 1 aliphatic rings. The first-order chi connectivity index (χ1) is 5.70. The molecule has 64 valence electrons. The second kappa shape index (κ2) is 3.39. The van der Waals surface area contributed by atoms with Crippen LogP contribution in [0.2, 0.25) is 0 Å². The average Bonchev–Trinajstić information content (AvgIpc) is 2.33. The Morgan fingerprint density at radius 3 is 2.75 bits per heavy atom. The molecule has 0 bridgehead atoms. The monoisotopic (exact) mass is 163 g/mol. The van der Waals surface area contributed by atoms with Crippen LogP contribution in [0.25, 0.3) is 0 Å². The number of rotatable bonds is 2. The Labute approximate surface area is 73.0 Å². The minimum absolute atomic E-state index is 0.0247. The molecule has 0 saturated carbocycles. The number of allylic oxidation sites excluding steroid dienone is 1. The van der Waals surface area contributed by atoms with Gasteiger partial charge in [0, 0.05) is 11.8 Å². The highest BCUT2D eigenvalue weighted by Crippen LogP contribution is 2.30. The molecule has 1 aliphatic heterocycles. The van der Waals surface area contributed by atoms with Gasteiger partial charge in [-0.15, -0.1) is 0 Å². The van der Waals surface area contributed by atoms with Crippen LogP contribution in [-0.2, 0) is 4.74 Å². The molecule has 0 spiro atoms. The van der Waals surface area contributed by atoms with Gasteiger partial charge >= 0.3 is 0 Å². The van der Waals surface area contributed by atoms with E-state index in [4.69, 9.17) is 4.74 Å².